The first-order valence-corrected chi connectivity index (χ1v) is 9.02. The van der Waals surface area contributed by atoms with E-state index in [1.165, 1.54) is 12.8 Å². The van der Waals surface area contributed by atoms with E-state index in [1.54, 1.807) is 0 Å². The summed E-state index contributed by atoms with van der Waals surface area (Å²) in [6.45, 7) is 1.52. The van der Waals surface area contributed by atoms with Crippen molar-refractivity contribution in [2.45, 2.75) is 43.6 Å². The molecule has 130 valence electrons. The Morgan fingerprint density at radius 3 is 2.64 bits per heavy atom. The van der Waals surface area contributed by atoms with Crippen molar-refractivity contribution < 1.29 is 14.4 Å². The second-order valence-electron chi connectivity index (χ2n) is 7.75. The van der Waals surface area contributed by atoms with Crippen molar-refractivity contribution in [1.82, 2.24) is 15.0 Å². The molecule has 1 aliphatic heterocycles. The first kappa shape index (κ1) is 15.1. The molecule has 1 aromatic heterocycles. The lowest BCUT2D eigenvalue weighted by atomic mass is 10.0. The number of carbonyl (C=O) groups is 1. The summed E-state index contributed by atoms with van der Waals surface area (Å²) in [5.74, 6) is 1.64. The quantitative estimate of drug-likeness (QED) is 0.918. The summed E-state index contributed by atoms with van der Waals surface area (Å²) >= 11 is 0. The summed E-state index contributed by atoms with van der Waals surface area (Å²) in [5, 5.41) is 15.1. The van der Waals surface area contributed by atoms with Gasteiger partial charge >= 0.3 is 0 Å². The molecule has 2 fully saturated rings. The zero-order valence-electron chi connectivity index (χ0n) is 14.0. The minimum Gasteiger partial charge on any atom is -0.379 e. The van der Waals surface area contributed by atoms with Crippen LogP contribution in [0, 0.1) is 5.92 Å². The van der Waals surface area contributed by atoms with Crippen LogP contribution in [0.1, 0.15) is 48.0 Å². The van der Waals surface area contributed by atoms with E-state index in [0.717, 1.165) is 17.7 Å². The third kappa shape index (κ3) is 2.65. The molecule has 2 aromatic rings. The van der Waals surface area contributed by atoms with E-state index in [0.29, 0.717) is 37.5 Å². The fourth-order valence-electron chi connectivity index (χ4n) is 4.07. The number of fused-ring (bicyclic) bond motifs is 1. The smallest absolute Gasteiger partial charge is 0.259 e. The van der Waals surface area contributed by atoms with Gasteiger partial charge in [-0.2, -0.15) is 4.98 Å². The van der Waals surface area contributed by atoms with E-state index in [4.69, 9.17) is 4.52 Å². The van der Waals surface area contributed by atoms with Crippen LogP contribution < -0.4 is 0 Å². The van der Waals surface area contributed by atoms with E-state index in [-0.39, 0.29) is 17.7 Å². The second kappa shape index (κ2) is 5.39. The lowest BCUT2D eigenvalue weighted by Crippen LogP contribution is -2.27. The van der Waals surface area contributed by atoms with Crippen LogP contribution in [-0.2, 0) is 23.2 Å². The maximum absolute atomic E-state index is 12.2. The van der Waals surface area contributed by atoms with Crippen molar-refractivity contribution in [2.75, 3.05) is 13.1 Å². The molecule has 1 saturated heterocycles. The summed E-state index contributed by atoms with van der Waals surface area (Å²) in [7, 11) is 0. The van der Waals surface area contributed by atoms with Crippen LogP contribution in [-0.4, -0.2) is 39.1 Å². The summed E-state index contributed by atoms with van der Waals surface area (Å²) in [5.41, 5.74) is 1.11. The van der Waals surface area contributed by atoms with Crippen LogP contribution in [0.5, 0.6) is 0 Å². The van der Waals surface area contributed by atoms with Gasteiger partial charge in [-0.3, -0.25) is 4.79 Å². The molecule has 0 spiro atoms. The summed E-state index contributed by atoms with van der Waals surface area (Å²) in [4.78, 5) is 18.6. The van der Waals surface area contributed by atoms with Gasteiger partial charge in [-0.05, 0) is 29.9 Å². The Morgan fingerprint density at radius 1 is 1.24 bits per heavy atom. The van der Waals surface area contributed by atoms with Gasteiger partial charge < -0.3 is 14.5 Å². The number of hydrogen-bond acceptors (Lipinski definition) is 5. The molecule has 1 aromatic carbocycles. The largest absolute Gasteiger partial charge is 0.379 e. The Kier molecular flexibility index (Phi) is 3.25. The summed E-state index contributed by atoms with van der Waals surface area (Å²) in [6.07, 6.45) is 3.87. The zero-order valence-corrected chi connectivity index (χ0v) is 14.0. The molecule has 6 nitrogen and oxygen atoms in total. The molecule has 1 saturated carbocycles. The van der Waals surface area contributed by atoms with Crippen molar-refractivity contribution in [3.63, 3.8) is 0 Å². The minimum absolute atomic E-state index is 0.0314. The number of amides is 1. The lowest BCUT2D eigenvalue weighted by molar-refractivity contribution is -0.127. The molecule has 2 heterocycles. The van der Waals surface area contributed by atoms with Crippen molar-refractivity contribution in [3.05, 3.63) is 47.1 Å². The Hall–Kier alpha value is -2.21. The van der Waals surface area contributed by atoms with E-state index in [9.17, 15) is 9.90 Å². The first-order valence-electron chi connectivity index (χ1n) is 9.02. The molecule has 25 heavy (non-hydrogen) atoms. The highest BCUT2D eigenvalue weighted by Gasteiger charge is 2.43. The van der Waals surface area contributed by atoms with Gasteiger partial charge in [0.15, 0.2) is 11.4 Å². The topological polar surface area (TPSA) is 79.5 Å². The highest BCUT2D eigenvalue weighted by atomic mass is 16.5. The predicted octanol–water partition coefficient (Wildman–Crippen LogP) is 1.78. The molecule has 1 amide bonds. The van der Waals surface area contributed by atoms with Gasteiger partial charge in [-0.1, -0.05) is 29.4 Å². The van der Waals surface area contributed by atoms with Crippen LogP contribution in [0.25, 0.3) is 0 Å². The maximum atomic E-state index is 12.2. The zero-order chi connectivity index (χ0) is 17.0. The summed E-state index contributed by atoms with van der Waals surface area (Å²) in [6, 6.07) is 8.00. The van der Waals surface area contributed by atoms with Crippen molar-refractivity contribution in [3.8, 4) is 0 Å². The third-order valence-corrected chi connectivity index (χ3v) is 5.68. The van der Waals surface area contributed by atoms with Crippen LogP contribution in [0.15, 0.2) is 28.8 Å². The van der Waals surface area contributed by atoms with Crippen molar-refractivity contribution in [1.29, 1.82) is 0 Å². The molecule has 3 aliphatic rings. The molecule has 0 radical (unpaired) electrons. The van der Waals surface area contributed by atoms with E-state index in [2.05, 4.69) is 10.1 Å². The lowest BCUT2D eigenvalue weighted by Gasteiger charge is -2.16. The van der Waals surface area contributed by atoms with Gasteiger partial charge in [0.2, 0.25) is 5.91 Å². The molecule has 1 N–H and O–H groups in total. The van der Waals surface area contributed by atoms with Gasteiger partial charge in [0, 0.05) is 38.3 Å². The number of carbonyl (C=O) groups excluding carboxylic acids is 1. The fourth-order valence-corrected chi connectivity index (χ4v) is 4.07. The number of aromatic nitrogens is 2. The molecule has 6 heteroatoms. The maximum Gasteiger partial charge on any atom is 0.259 e. The number of hydrogen-bond donors (Lipinski definition) is 1. The number of likely N-dealkylation sites (tertiary alicyclic amines) is 1. The molecule has 1 atom stereocenters. The number of benzene rings is 1. The van der Waals surface area contributed by atoms with Gasteiger partial charge in [0.05, 0.1) is 0 Å². The number of aliphatic hydroxyl groups is 1. The normalized spacial score (nSPS) is 24.8. The number of nitrogens with zero attached hydrogens (tertiary/aromatic N) is 3. The van der Waals surface area contributed by atoms with Crippen molar-refractivity contribution >= 4 is 5.91 Å². The van der Waals surface area contributed by atoms with Crippen LogP contribution in [0.3, 0.4) is 0 Å². The fraction of sp³-hybridized carbons (Fsp3) is 0.526. The van der Waals surface area contributed by atoms with E-state index < -0.39 is 5.60 Å². The van der Waals surface area contributed by atoms with Crippen LogP contribution >= 0.6 is 0 Å². The molecular formula is C19H21N3O3. The van der Waals surface area contributed by atoms with Crippen LogP contribution in [0.4, 0.5) is 0 Å². The molecule has 1 unspecified atom stereocenters. The van der Waals surface area contributed by atoms with Gasteiger partial charge in [-0.15, -0.1) is 0 Å². The van der Waals surface area contributed by atoms with E-state index in [1.807, 2.05) is 29.2 Å². The van der Waals surface area contributed by atoms with Crippen LogP contribution in [0.2, 0.25) is 0 Å². The average molecular weight is 339 g/mol. The Labute approximate surface area is 145 Å². The molecular weight excluding hydrogens is 318 g/mol. The molecule has 2 aliphatic carbocycles. The molecule has 0 bridgehead atoms. The first-order chi connectivity index (χ1) is 12.1. The monoisotopic (exact) mass is 339 g/mol. The van der Waals surface area contributed by atoms with E-state index >= 15 is 0 Å². The highest BCUT2D eigenvalue weighted by molar-refractivity contribution is 5.79. The number of rotatable bonds is 4. The van der Waals surface area contributed by atoms with Gasteiger partial charge in [0.1, 0.15) is 0 Å². The summed E-state index contributed by atoms with van der Waals surface area (Å²) < 4.78 is 5.42. The second-order valence-corrected chi connectivity index (χ2v) is 7.75. The minimum atomic E-state index is -1.13. The Balaban J connectivity index is 1.33. The Morgan fingerprint density at radius 2 is 1.96 bits per heavy atom. The average Bonchev–Trinajstić information content (AvgIpc) is 3.00. The SMILES string of the molecule is O=C1CC(c2noc(C3(O)Cc4ccccc4C3)n2)CN1CC1CC1. The van der Waals surface area contributed by atoms with Gasteiger partial charge in [0.25, 0.3) is 5.89 Å². The predicted molar refractivity (Wildman–Crippen MR) is 88.7 cm³/mol. The van der Waals surface area contributed by atoms with Crippen molar-refractivity contribution in [2.24, 2.45) is 5.92 Å². The van der Waals surface area contributed by atoms with Gasteiger partial charge in [-0.25, -0.2) is 0 Å². The Bertz CT molecular complexity index is 802. The standard InChI is InChI=1S/C19H21N3O3/c23-16-7-15(11-22(16)10-12-5-6-12)17-20-18(25-21-17)19(24)8-13-3-1-2-4-14(13)9-19/h1-4,12,15,24H,5-11H2. The molecule has 5 rings (SSSR count). The highest BCUT2D eigenvalue weighted by Crippen LogP contribution is 2.38. The third-order valence-electron chi connectivity index (χ3n) is 5.68.